The molecule has 0 spiro atoms. The fourth-order valence-corrected chi connectivity index (χ4v) is 3.93. The number of rotatable bonds is 15. The Labute approximate surface area is 191 Å². The summed E-state index contributed by atoms with van der Waals surface area (Å²) in [5.41, 5.74) is 0.821. The van der Waals surface area contributed by atoms with Crippen LogP contribution in [0.3, 0.4) is 0 Å². The van der Waals surface area contributed by atoms with Crippen LogP contribution in [-0.4, -0.2) is 46.6 Å². The lowest BCUT2D eigenvalue weighted by molar-refractivity contribution is -0.00452. The zero-order valence-corrected chi connectivity index (χ0v) is 20.0. The topological polar surface area (TPSA) is 141 Å². The number of nitrogens with zero attached hydrogens (tertiary/aromatic N) is 1. The Balaban J connectivity index is 0.00000512. The van der Waals surface area contributed by atoms with Crippen LogP contribution in [0.5, 0.6) is 5.75 Å². The number of carbonyl (C=O) groups is 1. The molecule has 0 saturated carbocycles. The molecule has 2 rings (SSSR count). The van der Waals surface area contributed by atoms with Crippen molar-refractivity contribution in [2.45, 2.75) is 77.4 Å². The minimum Gasteiger partial charge on any atom is -0.494 e. The number of likely N-dealkylation sites (tertiary alicyclic amines) is 1. The van der Waals surface area contributed by atoms with E-state index in [1.54, 1.807) is 0 Å². The summed E-state index contributed by atoms with van der Waals surface area (Å²) in [6.07, 6.45) is 10.2. The Morgan fingerprint density at radius 3 is 2.31 bits per heavy atom. The molecule has 0 aliphatic carbocycles. The summed E-state index contributed by atoms with van der Waals surface area (Å²) in [6.45, 7) is 3.22. The van der Waals surface area contributed by atoms with Gasteiger partial charge in [-0.1, -0.05) is 70.4 Å². The van der Waals surface area contributed by atoms with Gasteiger partial charge in [0.05, 0.1) is 19.7 Å². The van der Waals surface area contributed by atoms with E-state index in [1.807, 2.05) is 24.3 Å². The minimum absolute atomic E-state index is 0. The highest BCUT2D eigenvalue weighted by molar-refractivity contribution is 7.46. The van der Waals surface area contributed by atoms with E-state index >= 15 is 0 Å². The third-order valence-electron chi connectivity index (χ3n) is 5.17. The Kier molecular flexibility index (Phi) is 13.5. The van der Waals surface area contributed by atoms with E-state index in [0.717, 1.165) is 17.7 Å². The van der Waals surface area contributed by atoms with Crippen LogP contribution in [0.25, 0.3) is 0 Å². The van der Waals surface area contributed by atoms with Gasteiger partial charge in [0.2, 0.25) is 0 Å². The highest BCUT2D eigenvalue weighted by Crippen LogP contribution is 2.39. The summed E-state index contributed by atoms with van der Waals surface area (Å²) >= 11 is 0. The predicted octanol–water partition coefficient (Wildman–Crippen LogP) is 5.19. The van der Waals surface area contributed by atoms with Gasteiger partial charge >= 0.3 is 13.9 Å². The molecule has 184 valence electrons. The second-order valence-corrected chi connectivity index (χ2v) is 9.19. The van der Waals surface area contributed by atoms with Gasteiger partial charge in [0.15, 0.2) is 0 Å². The molecule has 0 aromatic heterocycles. The standard InChI is InChI=1S/C22H36NO7P.H3N/c1-2-3-4-5-6-7-8-9-10-14-28-20-13-11-12-19(15-20)18-29-22(24)23-16-21(17-23)30-31(25,26)27;/h11-13,15,21H,2-10,14,16-18H2,1H3,(H2,25,26,27);1H3. The van der Waals surface area contributed by atoms with Crippen molar-refractivity contribution in [3.8, 4) is 5.75 Å². The van der Waals surface area contributed by atoms with Crippen LogP contribution in [0.1, 0.15) is 70.3 Å². The maximum Gasteiger partial charge on any atom is 0.469 e. The summed E-state index contributed by atoms with van der Waals surface area (Å²) in [5.74, 6) is 0.757. The van der Waals surface area contributed by atoms with E-state index < -0.39 is 20.0 Å². The zero-order chi connectivity index (χ0) is 22.5. The normalized spacial score (nSPS) is 13.9. The molecule has 1 saturated heterocycles. The summed E-state index contributed by atoms with van der Waals surface area (Å²) in [7, 11) is -4.53. The average molecular weight is 475 g/mol. The second-order valence-electron chi connectivity index (χ2n) is 8.00. The third-order valence-corrected chi connectivity index (χ3v) is 5.74. The van der Waals surface area contributed by atoms with Crippen molar-refractivity contribution in [1.82, 2.24) is 11.1 Å². The maximum atomic E-state index is 12.0. The van der Waals surface area contributed by atoms with Crippen LogP contribution < -0.4 is 10.9 Å². The molecule has 1 aromatic carbocycles. The average Bonchev–Trinajstić information content (AvgIpc) is 2.69. The van der Waals surface area contributed by atoms with Gasteiger partial charge in [-0.2, -0.15) is 0 Å². The Morgan fingerprint density at radius 1 is 1.06 bits per heavy atom. The van der Waals surface area contributed by atoms with Gasteiger partial charge in [0, 0.05) is 0 Å². The van der Waals surface area contributed by atoms with Crippen molar-refractivity contribution in [3.63, 3.8) is 0 Å². The smallest absolute Gasteiger partial charge is 0.469 e. The number of amides is 1. The van der Waals surface area contributed by atoms with Crippen molar-refractivity contribution in [1.29, 1.82) is 0 Å². The van der Waals surface area contributed by atoms with Crippen LogP contribution >= 0.6 is 7.82 Å². The van der Waals surface area contributed by atoms with E-state index in [4.69, 9.17) is 19.3 Å². The highest BCUT2D eigenvalue weighted by Gasteiger charge is 2.36. The molecule has 5 N–H and O–H groups in total. The molecular weight excluding hydrogens is 435 g/mol. The quantitative estimate of drug-likeness (QED) is 0.233. The molecule has 0 unspecified atom stereocenters. The van der Waals surface area contributed by atoms with Crippen molar-refractivity contribution in [3.05, 3.63) is 29.8 Å². The summed E-state index contributed by atoms with van der Waals surface area (Å²) in [5, 5.41) is 0. The van der Waals surface area contributed by atoms with E-state index in [1.165, 1.54) is 56.3 Å². The van der Waals surface area contributed by atoms with Crippen molar-refractivity contribution < 1.29 is 33.1 Å². The molecule has 1 aromatic rings. The molecule has 1 fully saturated rings. The molecule has 0 bridgehead atoms. The third kappa shape index (κ3) is 11.8. The highest BCUT2D eigenvalue weighted by atomic mass is 31.2. The lowest BCUT2D eigenvalue weighted by Gasteiger charge is -2.37. The fourth-order valence-electron chi connectivity index (χ4n) is 3.41. The number of carbonyl (C=O) groups excluding carboxylic acids is 1. The first-order valence-corrected chi connectivity index (χ1v) is 12.8. The van der Waals surface area contributed by atoms with Gasteiger partial charge in [0.25, 0.3) is 0 Å². The SMILES string of the molecule is CCCCCCCCCCCOc1cccc(COC(=O)N2CC(OP(=O)(O)O)C2)c1.N. The largest absolute Gasteiger partial charge is 0.494 e. The second kappa shape index (κ2) is 15.2. The van der Waals surface area contributed by atoms with Crippen LogP contribution in [0.2, 0.25) is 0 Å². The van der Waals surface area contributed by atoms with Crippen molar-refractivity contribution in [2.24, 2.45) is 0 Å². The number of benzene rings is 1. The Bertz CT molecular complexity index is 707. The first-order valence-electron chi connectivity index (χ1n) is 11.2. The van der Waals surface area contributed by atoms with Gasteiger partial charge in [-0.25, -0.2) is 9.36 Å². The van der Waals surface area contributed by atoms with Crippen molar-refractivity contribution >= 4 is 13.9 Å². The van der Waals surface area contributed by atoms with Crippen molar-refractivity contribution in [2.75, 3.05) is 19.7 Å². The fraction of sp³-hybridized carbons (Fsp3) is 0.682. The number of hydrogen-bond acceptors (Lipinski definition) is 6. The molecule has 0 radical (unpaired) electrons. The molecule has 10 heteroatoms. The van der Waals surface area contributed by atoms with E-state index in [0.29, 0.717) is 6.61 Å². The molecule has 1 amide bonds. The van der Waals surface area contributed by atoms with Gasteiger partial charge in [-0.3, -0.25) is 4.52 Å². The Morgan fingerprint density at radius 2 is 1.69 bits per heavy atom. The van der Waals surface area contributed by atoms with Gasteiger partial charge < -0.3 is 30.3 Å². The molecule has 9 nitrogen and oxygen atoms in total. The van der Waals surface area contributed by atoms with E-state index in [2.05, 4.69) is 11.4 Å². The maximum absolute atomic E-state index is 12.0. The number of unbranched alkanes of at least 4 members (excludes halogenated alkanes) is 8. The number of ether oxygens (including phenoxy) is 2. The molecule has 1 aliphatic rings. The van der Waals surface area contributed by atoms with Gasteiger partial charge in [-0.05, 0) is 24.1 Å². The van der Waals surface area contributed by atoms with Crippen LogP contribution in [0.4, 0.5) is 4.79 Å². The lowest BCUT2D eigenvalue weighted by Crippen LogP contribution is -2.54. The molecule has 32 heavy (non-hydrogen) atoms. The van der Waals surface area contributed by atoms with Gasteiger partial charge in [-0.15, -0.1) is 0 Å². The number of phosphoric ester groups is 1. The zero-order valence-electron chi connectivity index (χ0n) is 19.1. The monoisotopic (exact) mass is 474 g/mol. The molecular formula is C22H39N2O7P. The van der Waals surface area contributed by atoms with Crippen LogP contribution in [-0.2, 0) is 20.4 Å². The van der Waals surface area contributed by atoms with Crippen LogP contribution in [0, 0.1) is 0 Å². The predicted molar refractivity (Wildman–Crippen MR) is 123 cm³/mol. The number of hydrogen-bond donors (Lipinski definition) is 3. The Hall–Kier alpha value is -1.64. The van der Waals surface area contributed by atoms with E-state index in [9.17, 15) is 9.36 Å². The summed E-state index contributed by atoms with van der Waals surface area (Å²) in [4.78, 5) is 30.8. The lowest BCUT2D eigenvalue weighted by atomic mass is 10.1. The summed E-state index contributed by atoms with van der Waals surface area (Å²) < 4.78 is 26.3. The number of phosphoric acid groups is 1. The molecule has 1 aliphatic heterocycles. The van der Waals surface area contributed by atoms with E-state index in [-0.39, 0.29) is 25.8 Å². The summed E-state index contributed by atoms with van der Waals surface area (Å²) in [6, 6.07) is 7.46. The van der Waals surface area contributed by atoms with Gasteiger partial charge in [0.1, 0.15) is 18.5 Å². The first kappa shape index (κ1) is 28.4. The van der Waals surface area contributed by atoms with Crippen LogP contribution in [0.15, 0.2) is 24.3 Å². The minimum atomic E-state index is -4.53. The first-order chi connectivity index (χ1) is 14.9. The molecule has 1 heterocycles. The molecule has 0 atom stereocenters.